The van der Waals surface area contributed by atoms with Gasteiger partial charge in [-0.1, -0.05) is 42.5 Å². The molecule has 0 aliphatic heterocycles. The molecule has 19 heavy (non-hydrogen) atoms. The predicted octanol–water partition coefficient (Wildman–Crippen LogP) is 1.80. The van der Waals surface area contributed by atoms with Gasteiger partial charge in [0.1, 0.15) is 12.4 Å². The number of hydrogen-bond acceptors (Lipinski definition) is 3. The molecule has 2 rings (SSSR count). The van der Waals surface area contributed by atoms with Crippen LogP contribution in [-0.2, 0) is 17.8 Å². The third-order valence-corrected chi connectivity index (χ3v) is 2.70. The summed E-state index contributed by atoms with van der Waals surface area (Å²) in [6, 6.07) is 17.3. The molecular formula is C15H16N2O2. The Labute approximate surface area is 112 Å². The zero-order valence-corrected chi connectivity index (χ0v) is 10.5. The van der Waals surface area contributed by atoms with Crippen LogP contribution in [0.2, 0.25) is 0 Å². The molecule has 0 aliphatic rings. The first kappa shape index (κ1) is 13.1. The third kappa shape index (κ3) is 4.12. The molecule has 0 bridgehead atoms. The van der Waals surface area contributed by atoms with Crippen LogP contribution in [0.1, 0.15) is 11.1 Å². The molecule has 4 heteroatoms. The standard InChI is InChI=1S/C15H16N2O2/c16-17-15(18)10-12-6-8-13(9-7-12)11-19-14-4-2-1-3-5-14/h1-9H,10-11,16H2,(H,17,18). The van der Waals surface area contributed by atoms with Crippen molar-refractivity contribution in [2.24, 2.45) is 5.84 Å². The molecule has 1 amide bonds. The smallest absolute Gasteiger partial charge is 0.238 e. The highest BCUT2D eigenvalue weighted by Crippen LogP contribution is 2.12. The fourth-order valence-electron chi connectivity index (χ4n) is 1.67. The molecule has 0 aliphatic carbocycles. The van der Waals surface area contributed by atoms with E-state index in [4.69, 9.17) is 10.6 Å². The number of hydrogen-bond donors (Lipinski definition) is 2. The van der Waals surface area contributed by atoms with E-state index >= 15 is 0 Å². The Kier molecular flexibility index (Phi) is 4.53. The second kappa shape index (κ2) is 6.56. The van der Waals surface area contributed by atoms with Crippen molar-refractivity contribution in [2.75, 3.05) is 0 Å². The maximum Gasteiger partial charge on any atom is 0.238 e. The molecule has 2 aromatic rings. The first-order chi connectivity index (χ1) is 9.28. The summed E-state index contributed by atoms with van der Waals surface area (Å²) in [7, 11) is 0. The Hall–Kier alpha value is -2.33. The van der Waals surface area contributed by atoms with Gasteiger partial charge in [0.25, 0.3) is 0 Å². The van der Waals surface area contributed by atoms with E-state index in [1.165, 1.54) is 0 Å². The number of ether oxygens (including phenoxy) is 1. The molecule has 0 atom stereocenters. The predicted molar refractivity (Wildman–Crippen MR) is 73.3 cm³/mol. The van der Waals surface area contributed by atoms with Crippen LogP contribution in [-0.4, -0.2) is 5.91 Å². The van der Waals surface area contributed by atoms with Gasteiger partial charge in [0.15, 0.2) is 0 Å². The van der Waals surface area contributed by atoms with E-state index in [9.17, 15) is 4.79 Å². The van der Waals surface area contributed by atoms with Gasteiger partial charge in [-0.15, -0.1) is 0 Å². The fraction of sp³-hybridized carbons (Fsp3) is 0.133. The summed E-state index contributed by atoms with van der Waals surface area (Å²) in [5, 5.41) is 0. The summed E-state index contributed by atoms with van der Waals surface area (Å²) in [6.45, 7) is 0.507. The molecule has 0 unspecified atom stereocenters. The van der Waals surface area contributed by atoms with E-state index in [1.807, 2.05) is 54.6 Å². The van der Waals surface area contributed by atoms with E-state index in [0.29, 0.717) is 6.61 Å². The van der Waals surface area contributed by atoms with Crippen LogP contribution < -0.4 is 16.0 Å². The van der Waals surface area contributed by atoms with Gasteiger partial charge < -0.3 is 4.74 Å². The van der Waals surface area contributed by atoms with Gasteiger partial charge in [-0.25, -0.2) is 5.84 Å². The second-order valence-electron chi connectivity index (χ2n) is 4.16. The number of para-hydroxylation sites is 1. The van der Waals surface area contributed by atoms with Gasteiger partial charge in [-0.05, 0) is 23.3 Å². The maximum atomic E-state index is 11.1. The number of nitrogens with one attached hydrogen (secondary N) is 1. The molecule has 0 radical (unpaired) electrons. The molecule has 0 heterocycles. The minimum absolute atomic E-state index is 0.201. The monoisotopic (exact) mass is 256 g/mol. The number of rotatable bonds is 5. The lowest BCUT2D eigenvalue weighted by atomic mass is 10.1. The quantitative estimate of drug-likeness (QED) is 0.487. The number of carbonyl (C=O) groups is 1. The zero-order chi connectivity index (χ0) is 13.5. The molecule has 3 N–H and O–H groups in total. The van der Waals surface area contributed by atoms with Gasteiger partial charge >= 0.3 is 0 Å². The third-order valence-electron chi connectivity index (χ3n) is 2.70. The van der Waals surface area contributed by atoms with Crippen molar-refractivity contribution in [1.29, 1.82) is 0 Å². The largest absolute Gasteiger partial charge is 0.489 e. The molecule has 2 aromatic carbocycles. The Morgan fingerprint density at radius 2 is 1.63 bits per heavy atom. The summed E-state index contributed by atoms with van der Waals surface area (Å²) in [5.41, 5.74) is 4.09. The molecule has 0 saturated carbocycles. The summed E-state index contributed by atoms with van der Waals surface area (Å²) >= 11 is 0. The van der Waals surface area contributed by atoms with Gasteiger partial charge in [0, 0.05) is 0 Å². The van der Waals surface area contributed by atoms with Crippen LogP contribution in [0, 0.1) is 0 Å². The topological polar surface area (TPSA) is 64.3 Å². The molecule has 0 spiro atoms. The number of benzene rings is 2. The Balaban J connectivity index is 1.90. The van der Waals surface area contributed by atoms with Crippen molar-refractivity contribution < 1.29 is 9.53 Å². The molecule has 0 saturated heterocycles. The van der Waals surface area contributed by atoms with Gasteiger partial charge in [-0.3, -0.25) is 10.2 Å². The highest BCUT2D eigenvalue weighted by molar-refractivity contribution is 5.77. The van der Waals surface area contributed by atoms with Crippen molar-refractivity contribution in [3.8, 4) is 5.75 Å². The highest BCUT2D eigenvalue weighted by Gasteiger charge is 2.01. The lowest BCUT2D eigenvalue weighted by molar-refractivity contribution is -0.120. The molecule has 4 nitrogen and oxygen atoms in total. The first-order valence-electron chi connectivity index (χ1n) is 6.03. The van der Waals surface area contributed by atoms with E-state index in [0.717, 1.165) is 16.9 Å². The molecule has 98 valence electrons. The number of nitrogens with two attached hydrogens (primary N) is 1. The number of carbonyl (C=O) groups excluding carboxylic acids is 1. The van der Waals surface area contributed by atoms with Gasteiger partial charge in [0.2, 0.25) is 5.91 Å². The molecular weight excluding hydrogens is 240 g/mol. The molecule has 0 aromatic heterocycles. The minimum Gasteiger partial charge on any atom is -0.489 e. The molecule has 0 fully saturated rings. The fourth-order valence-corrected chi connectivity index (χ4v) is 1.67. The Morgan fingerprint density at radius 1 is 1.00 bits per heavy atom. The van der Waals surface area contributed by atoms with E-state index in [-0.39, 0.29) is 12.3 Å². The van der Waals surface area contributed by atoms with Crippen LogP contribution in [0.25, 0.3) is 0 Å². The summed E-state index contributed by atoms with van der Waals surface area (Å²) in [5.74, 6) is 5.68. The van der Waals surface area contributed by atoms with Crippen LogP contribution in [0.4, 0.5) is 0 Å². The van der Waals surface area contributed by atoms with Crippen molar-refractivity contribution in [2.45, 2.75) is 13.0 Å². The van der Waals surface area contributed by atoms with Gasteiger partial charge in [-0.2, -0.15) is 0 Å². The van der Waals surface area contributed by atoms with Crippen LogP contribution in [0.3, 0.4) is 0 Å². The lowest BCUT2D eigenvalue weighted by Crippen LogP contribution is -2.31. The summed E-state index contributed by atoms with van der Waals surface area (Å²) in [6.07, 6.45) is 0.288. The Morgan fingerprint density at radius 3 is 2.26 bits per heavy atom. The highest BCUT2D eigenvalue weighted by atomic mass is 16.5. The number of amides is 1. The van der Waals surface area contributed by atoms with E-state index < -0.39 is 0 Å². The van der Waals surface area contributed by atoms with Crippen molar-refractivity contribution in [1.82, 2.24) is 5.43 Å². The normalized spacial score (nSPS) is 9.95. The average molecular weight is 256 g/mol. The van der Waals surface area contributed by atoms with Gasteiger partial charge in [0.05, 0.1) is 6.42 Å². The second-order valence-corrected chi connectivity index (χ2v) is 4.16. The average Bonchev–Trinajstić information content (AvgIpc) is 2.47. The van der Waals surface area contributed by atoms with Crippen LogP contribution >= 0.6 is 0 Å². The van der Waals surface area contributed by atoms with Crippen LogP contribution in [0.5, 0.6) is 5.75 Å². The SMILES string of the molecule is NNC(=O)Cc1ccc(COc2ccccc2)cc1. The summed E-state index contributed by atoms with van der Waals surface area (Å²) < 4.78 is 5.63. The van der Waals surface area contributed by atoms with Crippen LogP contribution in [0.15, 0.2) is 54.6 Å². The maximum absolute atomic E-state index is 11.1. The minimum atomic E-state index is -0.201. The van der Waals surface area contributed by atoms with E-state index in [1.54, 1.807) is 0 Å². The van der Waals surface area contributed by atoms with Crippen molar-refractivity contribution in [3.05, 3.63) is 65.7 Å². The lowest BCUT2D eigenvalue weighted by Gasteiger charge is -2.07. The van der Waals surface area contributed by atoms with Crippen molar-refractivity contribution in [3.63, 3.8) is 0 Å². The number of hydrazine groups is 1. The first-order valence-corrected chi connectivity index (χ1v) is 6.03. The zero-order valence-electron chi connectivity index (χ0n) is 10.5. The van der Waals surface area contributed by atoms with E-state index in [2.05, 4.69) is 5.43 Å². The Bertz CT molecular complexity index is 524. The summed E-state index contributed by atoms with van der Waals surface area (Å²) in [4.78, 5) is 11.1. The van der Waals surface area contributed by atoms with Crippen molar-refractivity contribution >= 4 is 5.91 Å².